The largest absolute Gasteiger partial charge is 0.484 e. The number of ether oxygens (including phenoxy) is 1. The third kappa shape index (κ3) is 4.13. The van der Waals surface area contributed by atoms with E-state index in [1.54, 1.807) is 12.1 Å². The van der Waals surface area contributed by atoms with Crippen LogP contribution in [0.1, 0.15) is 43.4 Å². The summed E-state index contributed by atoms with van der Waals surface area (Å²) in [7, 11) is 0. The Bertz CT molecular complexity index is 445. The van der Waals surface area contributed by atoms with Gasteiger partial charge in [-0.25, -0.2) is 0 Å². The topological polar surface area (TPSA) is 21.3 Å². The molecule has 0 radical (unpaired) electrons. The lowest BCUT2D eigenvalue weighted by Gasteiger charge is -2.27. The van der Waals surface area contributed by atoms with E-state index in [9.17, 15) is 13.2 Å². The summed E-state index contributed by atoms with van der Waals surface area (Å²) in [6.45, 7) is 1.77. The van der Waals surface area contributed by atoms with Crippen molar-refractivity contribution in [2.45, 2.75) is 44.8 Å². The zero-order chi connectivity index (χ0) is 14.6. The lowest BCUT2D eigenvalue weighted by Crippen LogP contribution is -2.26. The maximum absolute atomic E-state index is 12.2. The molecule has 1 aromatic carbocycles. The highest BCUT2D eigenvalue weighted by Crippen LogP contribution is 2.32. The van der Waals surface area contributed by atoms with Crippen molar-refractivity contribution in [1.29, 1.82) is 0 Å². The van der Waals surface area contributed by atoms with E-state index in [1.165, 1.54) is 5.56 Å². The van der Waals surface area contributed by atoms with E-state index in [2.05, 4.69) is 12.2 Å². The van der Waals surface area contributed by atoms with Crippen LogP contribution in [0.2, 0.25) is 0 Å². The van der Waals surface area contributed by atoms with E-state index in [0.717, 1.165) is 37.8 Å². The van der Waals surface area contributed by atoms with E-state index >= 15 is 0 Å². The normalized spacial score (nSPS) is 18.7. The van der Waals surface area contributed by atoms with Crippen molar-refractivity contribution in [2.75, 3.05) is 13.2 Å². The number of alkyl halides is 3. The quantitative estimate of drug-likeness (QED) is 0.883. The zero-order valence-electron chi connectivity index (χ0n) is 11.6. The molecule has 1 aromatic rings. The highest BCUT2D eigenvalue weighted by molar-refractivity contribution is 5.39. The summed E-state index contributed by atoms with van der Waals surface area (Å²) in [6, 6.07) is 5.51. The number of nitrogens with one attached hydrogen (secondary N) is 1. The van der Waals surface area contributed by atoms with Crippen molar-refractivity contribution < 1.29 is 17.9 Å². The van der Waals surface area contributed by atoms with Crippen molar-refractivity contribution in [1.82, 2.24) is 5.32 Å². The third-order valence-corrected chi connectivity index (χ3v) is 3.47. The van der Waals surface area contributed by atoms with Gasteiger partial charge < -0.3 is 10.1 Å². The van der Waals surface area contributed by atoms with Gasteiger partial charge in [-0.2, -0.15) is 13.2 Å². The number of hydrogen-bond acceptors (Lipinski definition) is 2. The average molecular weight is 287 g/mol. The van der Waals surface area contributed by atoms with Gasteiger partial charge in [-0.1, -0.05) is 13.0 Å². The first-order valence-corrected chi connectivity index (χ1v) is 7.05. The van der Waals surface area contributed by atoms with Crippen LogP contribution in [0.3, 0.4) is 0 Å². The molecule has 0 fully saturated rings. The Morgan fingerprint density at radius 3 is 2.85 bits per heavy atom. The van der Waals surface area contributed by atoms with Crippen molar-refractivity contribution in [3.05, 3.63) is 29.3 Å². The molecule has 1 unspecified atom stereocenters. The van der Waals surface area contributed by atoms with E-state index < -0.39 is 12.8 Å². The second kappa shape index (κ2) is 6.48. The molecule has 112 valence electrons. The highest BCUT2D eigenvalue weighted by Gasteiger charge is 2.28. The molecule has 1 N–H and O–H groups in total. The Hall–Kier alpha value is -1.23. The number of hydrogen-bond donors (Lipinski definition) is 1. The van der Waals surface area contributed by atoms with Gasteiger partial charge in [-0.3, -0.25) is 0 Å². The fourth-order valence-corrected chi connectivity index (χ4v) is 2.56. The molecule has 2 nitrogen and oxygen atoms in total. The van der Waals surface area contributed by atoms with Gasteiger partial charge >= 0.3 is 6.18 Å². The molecular formula is C15H20F3NO. The van der Waals surface area contributed by atoms with E-state index in [1.807, 2.05) is 6.07 Å². The van der Waals surface area contributed by atoms with Gasteiger partial charge in [0.05, 0.1) is 0 Å². The number of benzene rings is 1. The van der Waals surface area contributed by atoms with Crippen LogP contribution in [0.15, 0.2) is 18.2 Å². The van der Waals surface area contributed by atoms with Crippen molar-refractivity contribution in [3.8, 4) is 5.75 Å². The number of halogens is 3. The van der Waals surface area contributed by atoms with Gasteiger partial charge in [0.15, 0.2) is 6.61 Å². The standard InChI is InChI=1S/C15H20F3NO/c1-2-8-19-14-5-3-4-11-6-7-12(9-13(11)14)20-10-15(16,17)18/h6-7,9,14,19H,2-5,8,10H2,1H3. The summed E-state index contributed by atoms with van der Waals surface area (Å²) in [6.07, 6.45) is -0.141. The summed E-state index contributed by atoms with van der Waals surface area (Å²) in [5.74, 6) is 0.297. The summed E-state index contributed by atoms with van der Waals surface area (Å²) in [4.78, 5) is 0. The highest BCUT2D eigenvalue weighted by atomic mass is 19.4. The molecule has 0 aliphatic heterocycles. The first kappa shape index (κ1) is 15.2. The minimum absolute atomic E-state index is 0.230. The van der Waals surface area contributed by atoms with Crippen LogP contribution in [0.25, 0.3) is 0 Å². The molecule has 0 saturated carbocycles. The fourth-order valence-electron chi connectivity index (χ4n) is 2.56. The van der Waals surface area contributed by atoms with Crippen LogP contribution < -0.4 is 10.1 Å². The fraction of sp³-hybridized carbons (Fsp3) is 0.600. The molecule has 0 saturated heterocycles. The van der Waals surface area contributed by atoms with Gasteiger partial charge in [-0.15, -0.1) is 0 Å². The molecule has 20 heavy (non-hydrogen) atoms. The van der Waals surface area contributed by atoms with Crippen LogP contribution in [0.5, 0.6) is 5.75 Å². The molecule has 0 spiro atoms. The second-order valence-electron chi connectivity index (χ2n) is 5.16. The maximum atomic E-state index is 12.2. The molecule has 2 rings (SSSR count). The summed E-state index contributed by atoms with van der Waals surface area (Å²) < 4.78 is 41.4. The van der Waals surface area contributed by atoms with Gasteiger partial charge in [0.2, 0.25) is 0 Å². The molecule has 1 aliphatic carbocycles. The maximum Gasteiger partial charge on any atom is 0.422 e. The van der Waals surface area contributed by atoms with Crippen LogP contribution in [0.4, 0.5) is 13.2 Å². The average Bonchev–Trinajstić information content (AvgIpc) is 2.42. The third-order valence-electron chi connectivity index (χ3n) is 3.47. The van der Waals surface area contributed by atoms with Gasteiger partial charge in [0.1, 0.15) is 5.75 Å². The zero-order valence-corrected chi connectivity index (χ0v) is 11.6. The Morgan fingerprint density at radius 2 is 2.15 bits per heavy atom. The Morgan fingerprint density at radius 1 is 1.35 bits per heavy atom. The monoisotopic (exact) mass is 287 g/mol. The summed E-state index contributed by atoms with van der Waals surface area (Å²) >= 11 is 0. The van der Waals surface area contributed by atoms with E-state index in [4.69, 9.17) is 4.74 Å². The summed E-state index contributed by atoms with van der Waals surface area (Å²) in [5, 5.41) is 3.45. The molecule has 0 bridgehead atoms. The number of aryl methyl sites for hydroxylation is 1. The Kier molecular flexibility index (Phi) is 4.91. The first-order chi connectivity index (χ1) is 9.49. The Balaban J connectivity index is 2.10. The van der Waals surface area contributed by atoms with Crippen molar-refractivity contribution >= 4 is 0 Å². The lowest BCUT2D eigenvalue weighted by atomic mass is 9.87. The van der Waals surface area contributed by atoms with Crippen molar-refractivity contribution in [2.24, 2.45) is 0 Å². The smallest absolute Gasteiger partial charge is 0.422 e. The van der Waals surface area contributed by atoms with Crippen LogP contribution in [-0.2, 0) is 6.42 Å². The van der Waals surface area contributed by atoms with Gasteiger partial charge in [0.25, 0.3) is 0 Å². The number of rotatable bonds is 5. The van der Waals surface area contributed by atoms with E-state index in [-0.39, 0.29) is 6.04 Å². The first-order valence-electron chi connectivity index (χ1n) is 7.05. The molecular weight excluding hydrogens is 267 g/mol. The van der Waals surface area contributed by atoms with E-state index in [0.29, 0.717) is 5.75 Å². The molecule has 5 heteroatoms. The molecule has 0 heterocycles. The molecule has 1 atom stereocenters. The van der Waals surface area contributed by atoms with Crippen molar-refractivity contribution in [3.63, 3.8) is 0 Å². The Labute approximate surface area is 117 Å². The second-order valence-corrected chi connectivity index (χ2v) is 5.16. The molecule has 0 aromatic heterocycles. The minimum atomic E-state index is -4.30. The summed E-state index contributed by atoms with van der Waals surface area (Å²) in [5.41, 5.74) is 2.30. The van der Waals surface area contributed by atoms with Gasteiger partial charge in [0, 0.05) is 6.04 Å². The van der Waals surface area contributed by atoms with Crippen LogP contribution in [-0.4, -0.2) is 19.3 Å². The molecule has 1 aliphatic rings. The van der Waals surface area contributed by atoms with Gasteiger partial charge in [-0.05, 0) is 55.5 Å². The number of fused-ring (bicyclic) bond motifs is 1. The predicted molar refractivity (Wildman–Crippen MR) is 72.0 cm³/mol. The van der Waals surface area contributed by atoms with Crippen LogP contribution in [0, 0.1) is 0 Å². The van der Waals surface area contributed by atoms with Crippen LogP contribution >= 0.6 is 0 Å². The predicted octanol–water partition coefficient (Wildman–Crippen LogP) is 4.00. The minimum Gasteiger partial charge on any atom is -0.484 e. The molecule has 0 amide bonds. The SMILES string of the molecule is CCCNC1CCCc2ccc(OCC(F)(F)F)cc21. The lowest BCUT2D eigenvalue weighted by molar-refractivity contribution is -0.153.